The Morgan fingerprint density at radius 3 is 2.67 bits per heavy atom. The number of ether oxygens (including phenoxy) is 1. The molecule has 2 aromatic carbocycles. The van der Waals surface area contributed by atoms with Crippen LogP contribution < -0.4 is 10.1 Å². The van der Waals surface area contributed by atoms with E-state index in [1.54, 1.807) is 12.1 Å². The number of para-hydroxylation sites is 1. The summed E-state index contributed by atoms with van der Waals surface area (Å²) in [6.45, 7) is 4.08. The second-order valence-corrected chi connectivity index (χ2v) is 4.90. The van der Waals surface area contributed by atoms with Crippen molar-refractivity contribution in [1.29, 1.82) is 0 Å². The highest BCUT2D eigenvalue weighted by Gasteiger charge is 2.07. The van der Waals surface area contributed by atoms with Crippen LogP contribution in [-0.4, -0.2) is 12.5 Å². The molecule has 0 bridgehead atoms. The summed E-state index contributed by atoms with van der Waals surface area (Å²) in [5, 5.41) is 2.83. The van der Waals surface area contributed by atoms with Gasteiger partial charge in [-0.3, -0.25) is 4.79 Å². The number of rotatable bonds is 5. The number of hydrogen-bond acceptors (Lipinski definition) is 2. The molecule has 1 N–H and O–H groups in total. The van der Waals surface area contributed by atoms with Gasteiger partial charge >= 0.3 is 0 Å². The number of carbonyl (C=O) groups is 1. The number of hydrogen-bond donors (Lipinski definition) is 1. The highest BCUT2D eigenvalue weighted by atomic mass is 19.1. The molecule has 0 saturated heterocycles. The summed E-state index contributed by atoms with van der Waals surface area (Å²) in [5.41, 5.74) is 2.95. The van der Waals surface area contributed by atoms with Gasteiger partial charge in [-0.2, -0.15) is 0 Å². The Morgan fingerprint density at radius 2 is 1.95 bits per heavy atom. The van der Waals surface area contributed by atoms with Crippen LogP contribution in [0.4, 0.5) is 10.1 Å². The SMILES string of the molecule is Cc1ccc(NC(=O)CCOc2ccccc2F)c(C)c1. The molecule has 0 fully saturated rings. The normalized spacial score (nSPS) is 10.2. The van der Waals surface area contributed by atoms with E-state index in [0.29, 0.717) is 0 Å². The smallest absolute Gasteiger partial charge is 0.227 e. The first-order valence-corrected chi connectivity index (χ1v) is 6.80. The Hall–Kier alpha value is -2.36. The monoisotopic (exact) mass is 287 g/mol. The summed E-state index contributed by atoms with van der Waals surface area (Å²) in [6.07, 6.45) is 0.168. The first kappa shape index (κ1) is 15.0. The number of aryl methyl sites for hydroxylation is 2. The summed E-state index contributed by atoms with van der Waals surface area (Å²) in [4.78, 5) is 11.8. The molecule has 0 aliphatic carbocycles. The van der Waals surface area contributed by atoms with E-state index in [0.717, 1.165) is 16.8 Å². The van der Waals surface area contributed by atoms with Crippen molar-refractivity contribution in [2.75, 3.05) is 11.9 Å². The molecule has 0 aromatic heterocycles. The fourth-order valence-electron chi connectivity index (χ4n) is 1.98. The second kappa shape index (κ2) is 6.88. The molecule has 0 spiro atoms. The van der Waals surface area contributed by atoms with Gasteiger partial charge in [0.2, 0.25) is 5.91 Å². The first-order valence-electron chi connectivity index (χ1n) is 6.80. The molecule has 0 radical (unpaired) electrons. The fraction of sp³-hybridized carbons (Fsp3) is 0.235. The molecule has 3 nitrogen and oxygen atoms in total. The van der Waals surface area contributed by atoms with Crippen LogP contribution in [0.15, 0.2) is 42.5 Å². The number of anilines is 1. The molecule has 0 atom stereocenters. The third-order valence-corrected chi connectivity index (χ3v) is 3.08. The van der Waals surface area contributed by atoms with Crippen molar-refractivity contribution >= 4 is 11.6 Å². The molecular formula is C17H18FNO2. The Balaban J connectivity index is 1.84. The number of halogens is 1. The minimum absolute atomic E-state index is 0.137. The Labute approximate surface area is 123 Å². The molecule has 21 heavy (non-hydrogen) atoms. The molecule has 0 saturated carbocycles. The topological polar surface area (TPSA) is 38.3 Å². The van der Waals surface area contributed by atoms with Crippen LogP contribution in [0, 0.1) is 19.7 Å². The highest BCUT2D eigenvalue weighted by Crippen LogP contribution is 2.17. The minimum Gasteiger partial charge on any atom is -0.490 e. The van der Waals surface area contributed by atoms with Gasteiger partial charge in [-0.15, -0.1) is 0 Å². The van der Waals surface area contributed by atoms with Gasteiger partial charge in [0.05, 0.1) is 13.0 Å². The van der Waals surface area contributed by atoms with Gasteiger partial charge in [-0.05, 0) is 37.6 Å². The van der Waals surface area contributed by atoms with Crippen molar-refractivity contribution < 1.29 is 13.9 Å². The molecule has 2 aromatic rings. The summed E-state index contributed by atoms with van der Waals surface area (Å²) >= 11 is 0. The maximum absolute atomic E-state index is 13.3. The average Bonchev–Trinajstić information content (AvgIpc) is 2.44. The van der Waals surface area contributed by atoms with Crippen LogP contribution in [0.1, 0.15) is 17.5 Å². The Bertz CT molecular complexity index is 640. The van der Waals surface area contributed by atoms with Crippen molar-refractivity contribution in [3.05, 3.63) is 59.4 Å². The number of nitrogens with one attached hydrogen (secondary N) is 1. The summed E-state index contributed by atoms with van der Waals surface area (Å²) in [7, 11) is 0. The van der Waals surface area contributed by atoms with E-state index in [9.17, 15) is 9.18 Å². The van der Waals surface area contributed by atoms with E-state index in [2.05, 4.69) is 5.32 Å². The maximum Gasteiger partial charge on any atom is 0.227 e. The number of amides is 1. The number of benzene rings is 2. The van der Waals surface area contributed by atoms with Crippen molar-refractivity contribution in [3.8, 4) is 5.75 Å². The average molecular weight is 287 g/mol. The lowest BCUT2D eigenvalue weighted by molar-refractivity contribution is -0.116. The van der Waals surface area contributed by atoms with Gasteiger partial charge in [-0.25, -0.2) is 4.39 Å². The van der Waals surface area contributed by atoms with Crippen molar-refractivity contribution in [2.45, 2.75) is 20.3 Å². The Morgan fingerprint density at radius 1 is 1.19 bits per heavy atom. The maximum atomic E-state index is 13.3. The molecule has 2 rings (SSSR count). The van der Waals surface area contributed by atoms with Gasteiger partial charge in [-0.1, -0.05) is 29.8 Å². The van der Waals surface area contributed by atoms with E-state index >= 15 is 0 Å². The zero-order valence-electron chi connectivity index (χ0n) is 12.2. The van der Waals surface area contributed by atoms with E-state index in [1.165, 1.54) is 12.1 Å². The van der Waals surface area contributed by atoms with Crippen LogP contribution in [0.5, 0.6) is 5.75 Å². The van der Waals surface area contributed by atoms with Crippen LogP contribution >= 0.6 is 0 Å². The van der Waals surface area contributed by atoms with E-state index in [-0.39, 0.29) is 24.7 Å². The molecule has 0 unspecified atom stereocenters. The molecular weight excluding hydrogens is 269 g/mol. The highest BCUT2D eigenvalue weighted by molar-refractivity contribution is 5.91. The quantitative estimate of drug-likeness (QED) is 0.907. The van der Waals surface area contributed by atoms with Crippen molar-refractivity contribution in [3.63, 3.8) is 0 Å². The van der Waals surface area contributed by atoms with E-state index in [4.69, 9.17) is 4.74 Å². The summed E-state index contributed by atoms with van der Waals surface area (Å²) in [5.74, 6) is -0.414. The van der Waals surface area contributed by atoms with Crippen LogP contribution in [0.2, 0.25) is 0 Å². The lowest BCUT2D eigenvalue weighted by Gasteiger charge is -2.10. The zero-order valence-corrected chi connectivity index (χ0v) is 12.2. The molecule has 0 heterocycles. The summed E-state index contributed by atoms with van der Waals surface area (Å²) in [6, 6.07) is 12.0. The predicted octanol–water partition coefficient (Wildman–Crippen LogP) is 3.85. The minimum atomic E-state index is -0.424. The van der Waals surface area contributed by atoms with Gasteiger partial charge in [0.15, 0.2) is 11.6 Å². The van der Waals surface area contributed by atoms with Crippen molar-refractivity contribution in [2.24, 2.45) is 0 Å². The molecule has 4 heteroatoms. The van der Waals surface area contributed by atoms with E-state index in [1.807, 2.05) is 32.0 Å². The van der Waals surface area contributed by atoms with Gasteiger partial charge in [0.25, 0.3) is 0 Å². The van der Waals surface area contributed by atoms with Crippen LogP contribution in [-0.2, 0) is 4.79 Å². The lowest BCUT2D eigenvalue weighted by Crippen LogP contribution is -2.16. The van der Waals surface area contributed by atoms with Crippen LogP contribution in [0.3, 0.4) is 0 Å². The third kappa shape index (κ3) is 4.31. The predicted molar refractivity (Wildman–Crippen MR) is 81.1 cm³/mol. The zero-order chi connectivity index (χ0) is 15.2. The lowest BCUT2D eigenvalue weighted by atomic mass is 10.1. The fourth-order valence-corrected chi connectivity index (χ4v) is 1.98. The van der Waals surface area contributed by atoms with E-state index < -0.39 is 5.82 Å². The molecule has 0 aliphatic rings. The Kier molecular flexibility index (Phi) is 4.93. The first-order chi connectivity index (χ1) is 10.1. The standard InChI is InChI=1S/C17H18FNO2/c1-12-7-8-15(13(2)11-12)19-17(20)9-10-21-16-6-4-3-5-14(16)18/h3-8,11H,9-10H2,1-2H3,(H,19,20). The largest absolute Gasteiger partial charge is 0.490 e. The number of carbonyl (C=O) groups excluding carboxylic acids is 1. The second-order valence-electron chi connectivity index (χ2n) is 4.90. The van der Waals surface area contributed by atoms with Crippen molar-refractivity contribution in [1.82, 2.24) is 0 Å². The molecule has 110 valence electrons. The van der Waals surface area contributed by atoms with Gasteiger partial charge in [0.1, 0.15) is 0 Å². The summed E-state index contributed by atoms with van der Waals surface area (Å²) < 4.78 is 18.6. The van der Waals surface area contributed by atoms with Gasteiger partial charge in [0, 0.05) is 5.69 Å². The molecule has 0 aliphatic heterocycles. The van der Waals surface area contributed by atoms with Gasteiger partial charge < -0.3 is 10.1 Å². The van der Waals surface area contributed by atoms with Crippen LogP contribution in [0.25, 0.3) is 0 Å². The third-order valence-electron chi connectivity index (χ3n) is 3.08. The molecule has 1 amide bonds.